The van der Waals surface area contributed by atoms with Crippen molar-refractivity contribution < 1.29 is 9.59 Å². The van der Waals surface area contributed by atoms with Crippen molar-refractivity contribution in [3.05, 3.63) is 60.2 Å². The van der Waals surface area contributed by atoms with Gasteiger partial charge in [-0.25, -0.2) is 0 Å². The second-order valence-electron chi connectivity index (χ2n) is 5.34. The Morgan fingerprint density at radius 2 is 1.23 bits per heavy atom. The van der Waals surface area contributed by atoms with Gasteiger partial charge in [-0.2, -0.15) is 0 Å². The van der Waals surface area contributed by atoms with Gasteiger partial charge in [0.25, 0.3) is 0 Å². The number of nitrogens with one attached hydrogen (secondary N) is 2. The lowest BCUT2D eigenvalue weighted by atomic mass is 10.3. The molecular weight excluding hydrogens is 368 g/mol. The fourth-order valence-electron chi connectivity index (χ4n) is 1.95. The van der Waals surface area contributed by atoms with Gasteiger partial charge < -0.3 is 10.6 Å². The van der Waals surface area contributed by atoms with Crippen LogP contribution in [0.5, 0.6) is 0 Å². The highest BCUT2D eigenvalue weighted by molar-refractivity contribution is 8.76. The number of carbonyl (C=O) groups is 2. The summed E-state index contributed by atoms with van der Waals surface area (Å²) in [5.74, 6) is 1.46. The smallest absolute Gasteiger partial charge is 0.221 e. The van der Waals surface area contributed by atoms with Crippen molar-refractivity contribution in [1.29, 1.82) is 0 Å². The summed E-state index contributed by atoms with van der Waals surface area (Å²) in [6, 6.07) is 11.2. The number of amides is 2. The largest absolute Gasteiger partial charge is 0.350 e. The third kappa shape index (κ3) is 8.87. The third-order valence-corrected chi connectivity index (χ3v) is 5.70. The van der Waals surface area contributed by atoms with E-state index in [1.165, 1.54) is 0 Å². The molecule has 2 heterocycles. The van der Waals surface area contributed by atoms with Crippen molar-refractivity contribution in [3.63, 3.8) is 0 Å². The lowest BCUT2D eigenvalue weighted by Gasteiger charge is -2.05. The van der Waals surface area contributed by atoms with Crippen molar-refractivity contribution in [2.45, 2.75) is 25.9 Å². The van der Waals surface area contributed by atoms with E-state index >= 15 is 0 Å². The van der Waals surface area contributed by atoms with E-state index in [-0.39, 0.29) is 11.8 Å². The van der Waals surface area contributed by atoms with Crippen LogP contribution in [0, 0.1) is 0 Å². The topological polar surface area (TPSA) is 84.0 Å². The Labute approximate surface area is 161 Å². The minimum atomic E-state index is 0.0110. The average Bonchev–Trinajstić information content (AvgIpc) is 2.69. The van der Waals surface area contributed by atoms with Crippen LogP contribution in [0.3, 0.4) is 0 Å². The summed E-state index contributed by atoms with van der Waals surface area (Å²) in [6.45, 7) is 0.905. The van der Waals surface area contributed by atoms with E-state index in [1.807, 2.05) is 36.4 Å². The number of hydrogen-bond acceptors (Lipinski definition) is 6. The molecule has 0 radical (unpaired) electrons. The van der Waals surface area contributed by atoms with E-state index in [0.717, 1.165) is 11.4 Å². The predicted octanol–water partition coefficient (Wildman–Crippen LogP) is 2.57. The van der Waals surface area contributed by atoms with Gasteiger partial charge in [0, 0.05) is 36.7 Å². The lowest BCUT2D eigenvalue weighted by molar-refractivity contribution is -0.121. The highest BCUT2D eigenvalue weighted by Crippen LogP contribution is 2.22. The van der Waals surface area contributed by atoms with Gasteiger partial charge >= 0.3 is 0 Å². The van der Waals surface area contributed by atoms with Gasteiger partial charge in [0.1, 0.15) is 0 Å². The number of carbonyl (C=O) groups excluding carboxylic acids is 2. The molecule has 0 aliphatic heterocycles. The molecule has 0 fully saturated rings. The van der Waals surface area contributed by atoms with E-state index in [0.29, 0.717) is 37.4 Å². The first-order valence-electron chi connectivity index (χ1n) is 8.31. The van der Waals surface area contributed by atoms with E-state index in [4.69, 9.17) is 0 Å². The molecule has 2 rings (SSSR count). The van der Waals surface area contributed by atoms with Gasteiger partial charge in [0.2, 0.25) is 11.8 Å². The molecule has 6 nitrogen and oxygen atoms in total. The molecule has 8 heteroatoms. The quantitative estimate of drug-likeness (QED) is 0.453. The van der Waals surface area contributed by atoms with Gasteiger partial charge in [-0.15, -0.1) is 0 Å². The molecule has 2 aromatic rings. The SMILES string of the molecule is O=C(CCSSCCC(=O)NCc1ccccn1)NCc1ccccn1. The lowest BCUT2D eigenvalue weighted by Crippen LogP contribution is -2.23. The number of aromatic nitrogens is 2. The minimum Gasteiger partial charge on any atom is -0.350 e. The van der Waals surface area contributed by atoms with E-state index in [9.17, 15) is 9.59 Å². The Kier molecular flexibility index (Phi) is 9.60. The molecule has 2 N–H and O–H groups in total. The Balaban J connectivity index is 1.45. The minimum absolute atomic E-state index is 0.0110. The van der Waals surface area contributed by atoms with E-state index < -0.39 is 0 Å². The monoisotopic (exact) mass is 390 g/mol. The fraction of sp³-hybridized carbons (Fsp3) is 0.333. The average molecular weight is 391 g/mol. The summed E-state index contributed by atoms with van der Waals surface area (Å²) >= 11 is 0. The van der Waals surface area contributed by atoms with Crippen LogP contribution in [0.1, 0.15) is 24.2 Å². The summed E-state index contributed by atoms with van der Waals surface area (Å²) in [5.41, 5.74) is 1.69. The highest BCUT2D eigenvalue weighted by Gasteiger charge is 2.04. The number of pyridine rings is 2. The van der Waals surface area contributed by atoms with Gasteiger partial charge in [0.05, 0.1) is 24.5 Å². The molecule has 0 aliphatic rings. The molecule has 0 unspecified atom stereocenters. The Bertz CT molecular complexity index is 612. The molecule has 0 aliphatic carbocycles. The van der Waals surface area contributed by atoms with Crippen molar-refractivity contribution in [2.24, 2.45) is 0 Å². The van der Waals surface area contributed by atoms with Crippen LogP contribution in [0.15, 0.2) is 48.8 Å². The van der Waals surface area contributed by atoms with Crippen LogP contribution < -0.4 is 10.6 Å². The number of rotatable bonds is 11. The summed E-state index contributed by atoms with van der Waals surface area (Å²) in [6.07, 6.45) is 4.33. The molecular formula is C18H22N4O2S2. The Morgan fingerprint density at radius 1 is 0.769 bits per heavy atom. The first kappa shape index (κ1) is 20.3. The van der Waals surface area contributed by atoms with Gasteiger partial charge in [-0.3, -0.25) is 19.6 Å². The predicted molar refractivity (Wildman–Crippen MR) is 106 cm³/mol. The zero-order valence-corrected chi connectivity index (χ0v) is 16.0. The number of nitrogens with zero attached hydrogens (tertiary/aromatic N) is 2. The zero-order valence-electron chi connectivity index (χ0n) is 14.4. The van der Waals surface area contributed by atoms with E-state index in [1.54, 1.807) is 34.0 Å². The molecule has 0 bridgehead atoms. The molecule has 138 valence electrons. The van der Waals surface area contributed by atoms with Crippen molar-refractivity contribution in [1.82, 2.24) is 20.6 Å². The fourth-order valence-corrected chi connectivity index (χ4v) is 3.93. The molecule has 0 aromatic carbocycles. The Morgan fingerprint density at radius 3 is 1.62 bits per heavy atom. The van der Waals surface area contributed by atoms with Crippen molar-refractivity contribution in [3.8, 4) is 0 Å². The zero-order chi connectivity index (χ0) is 18.5. The van der Waals surface area contributed by atoms with Crippen LogP contribution in [-0.4, -0.2) is 33.3 Å². The van der Waals surface area contributed by atoms with Gasteiger partial charge in [0.15, 0.2) is 0 Å². The normalized spacial score (nSPS) is 10.3. The standard InChI is InChI=1S/C18H22N4O2S2/c23-17(21-13-15-5-1-3-9-19-15)7-11-25-26-12-8-18(24)22-14-16-6-2-4-10-20-16/h1-6,9-10H,7-8,11-14H2,(H,21,23)(H,22,24). The van der Waals surface area contributed by atoms with Crippen LogP contribution in [-0.2, 0) is 22.7 Å². The van der Waals surface area contributed by atoms with Gasteiger partial charge in [-0.05, 0) is 24.3 Å². The van der Waals surface area contributed by atoms with Crippen LogP contribution in [0.2, 0.25) is 0 Å². The van der Waals surface area contributed by atoms with Gasteiger partial charge in [-0.1, -0.05) is 33.7 Å². The second-order valence-corrected chi connectivity index (χ2v) is 8.04. The maximum absolute atomic E-state index is 11.7. The maximum Gasteiger partial charge on any atom is 0.221 e. The summed E-state index contributed by atoms with van der Waals surface area (Å²) in [5, 5.41) is 5.69. The molecule has 2 aromatic heterocycles. The van der Waals surface area contributed by atoms with Crippen LogP contribution >= 0.6 is 21.6 Å². The molecule has 0 atom stereocenters. The first-order valence-corrected chi connectivity index (χ1v) is 10.8. The first-order chi connectivity index (χ1) is 12.7. The maximum atomic E-state index is 11.7. The molecule has 2 amide bonds. The second kappa shape index (κ2) is 12.3. The van der Waals surface area contributed by atoms with Crippen molar-refractivity contribution >= 4 is 33.4 Å². The summed E-state index contributed by atoms with van der Waals surface area (Å²) < 4.78 is 0. The third-order valence-electron chi connectivity index (χ3n) is 3.29. The van der Waals surface area contributed by atoms with Crippen molar-refractivity contribution in [2.75, 3.05) is 11.5 Å². The number of hydrogen-bond donors (Lipinski definition) is 2. The Hall–Kier alpha value is -2.06. The van der Waals surface area contributed by atoms with E-state index in [2.05, 4.69) is 20.6 Å². The molecule has 0 saturated carbocycles. The highest BCUT2D eigenvalue weighted by atomic mass is 33.1. The summed E-state index contributed by atoms with van der Waals surface area (Å²) in [4.78, 5) is 31.8. The van der Waals surface area contributed by atoms with Crippen LogP contribution in [0.25, 0.3) is 0 Å². The molecule has 26 heavy (non-hydrogen) atoms. The summed E-state index contributed by atoms with van der Waals surface area (Å²) in [7, 11) is 3.22. The van der Waals surface area contributed by atoms with Crippen LogP contribution in [0.4, 0.5) is 0 Å². The molecule has 0 saturated heterocycles. The molecule has 0 spiro atoms.